The highest BCUT2D eigenvalue weighted by atomic mass is 19.2. The van der Waals surface area contributed by atoms with Gasteiger partial charge in [-0.1, -0.05) is 13.8 Å². The molecule has 20 heavy (non-hydrogen) atoms. The van der Waals surface area contributed by atoms with Gasteiger partial charge in [0.2, 0.25) is 0 Å². The van der Waals surface area contributed by atoms with Gasteiger partial charge in [0, 0.05) is 25.2 Å². The largest absolute Gasteiger partial charge is 0.329 e. The van der Waals surface area contributed by atoms with Crippen molar-refractivity contribution in [2.75, 3.05) is 13.1 Å². The van der Waals surface area contributed by atoms with Gasteiger partial charge in [-0.05, 0) is 36.5 Å². The summed E-state index contributed by atoms with van der Waals surface area (Å²) in [5.74, 6) is -3.30. The van der Waals surface area contributed by atoms with Crippen LogP contribution in [0.3, 0.4) is 0 Å². The van der Waals surface area contributed by atoms with Crippen LogP contribution >= 0.6 is 0 Å². The summed E-state index contributed by atoms with van der Waals surface area (Å²) >= 11 is 0. The number of hydrogen-bond acceptors (Lipinski definition) is 2. The van der Waals surface area contributed by atoms with E-state index in [0.717, 1.165) is 31.5 Å². The fraction of sp³-hybridized carbons (Fsp3) is 0.600. The fourth-order valence-corrected chi connectivity index (χ4v) is 2.59. The van der Waals surface area contributed by atoms with Crippen molar-refractivity contribution in [2.24, 2.45) is 11.7 Å². The molecule has 1 unspecified atom stereocenters. The summed E-state index contributed by atoms with van der Waals surface area (Å²) < 4.78 is 39.9. The molecule has 112 valence electrons. The third-order valence-electron chi connectivity index (χ3n) is 3.61. The Morgan fingerprint density at radius 3 is 2.15 bits per heavy atom. The zero-order valence-corrected chi connectivity index (χ0v) is 11.9. The van der Waals surface area contributed by atoms with Gasteiger partial charge in [-0.2, -0.15) is 0 Å². The third-order valence-corrected chi connectivity index (χ3v) is 3.61. The van der Waals surface area contributed by atoms with Gasteiger partial charge in [-0.25, -0.2) is 13.2 Å². The molecule has 0 radical (unpaired) electrons. The number of hydrogen-bond donors (Lipinski definition) is 1. The molecule has 0 saturated heterocycles. The van der Waals surface area contributed by atoms with E-state index in [2.05, 4.69) is 18.7 Å². The Bertz CT molecular complexity index is 449. The Kier molecular flexibility index (Phi) is 4.70. The summed E-state index contributed by atoms with van der Waals surface area (Å²) in [5.41, 5.74) is 6.22. The highest BCUT2D eigenvalue weighted by Crippen LogP contribution is 2.35. The Morgan fingerprint density at radius 1 is 1.20 bits per heavy atom. The maximum Gasteiger partial charge on any atom is 0.194 e. The average molecular weight is 286 g/mol. The molecule has 2 N–H and O–H groups in total. The van der Waals surface area contributed by atoms with Crippen LogP contribution in [0.25, 0.3) is 0 Å². The molecule has 1 saturated carbocycles. The normalized spacial score (nSPS) is 17.0. The first-order valence-corrected chi connectivity index (χ1v) is 7.04. The predicted octanol–water partition coefficient (Wildman–Crippen LogP) is 3.22. The lowest BCUT2D eigenvalue weighted by Crippen LogP contribution is -2.38. The molecule has 2 rings (SSSR count). The molecule has 0 bridgehead atoms. The second-order valence-corrected chi connectivity index (χ2v) is 5.87. The summed E-state index contributed by atoms with van der Waals surface area (Å²) in [6, 6.07) is 2.27. The summed E-state index contributed by atoms with van der Waals surface area (Å²) in [4.78, 5) is 2.19. The van der Waals surface area contributed by atoms with Crippen molar-refractivity contribution in [2.45, 2.75) is 38.8 Å². The van der Waals surface area contributed by atoms with E-state index >= 15 is 0 Å². The molecule has 0 heterocycles. The standard InChI is InChI=1S/C15H21F3N2/c1-9(2)8-20(11-3-4-11)14(7-19)10-5-12(16)15(18)13(17)6-10/h5-6,9,11,14H,3-4,7-8,19H2,1-2H3. The first kappa shape index (κ1) is 15.3. The summed E-state index contributed by atoms with van der Waals surface area (Å²) in [6.07, 6.45) is 2.16. The fourth-order valence-electron chi connectivity index (χ4n) is 2.59. The van der Waals surface area contributed by atoms with E-state index in [9.17, 15) is 13.2 Å². The minimum absolute atomic E-state index is 0.258. The second-order valence-electron chi connectivity index (χ2n) is 5.87. The molecule has 1 aromatic carbocycles. The molecule has 2 nitrogen and oxygen atoms in total. The Labute approximate surface area is 117 Å². The van der Waals surface area contributed by atoms with Crippen LogP contribution in [-0.4, -0.2) is 24.0 Å². The molecular formula is C15H21F3N2. The smallest absolute Gasteiger partial charge is 0.194 e. The van der Waals surface area contributed by atoms with E-state index < -0.39 is 17.5 Å². The minimum atomic E-state index is -1.42. The van der Waals surface area contributed by atoms with Gasteiger partial charge in [0.15, 0.2) is 17.5 Å². The molecular weight excluding hydrogens is 265 g/mol. The number of benzene rings is 1. The van der Waals surface area contributed by atoms with Crippen LogP contribution in [0.5, 0.6) is 0 Å². The maximum absolute atomic E-state index is 13.4. The third kappa shape index (κ3) is 3.33. The van der Waals surface area contributed by atoms with E-state index in [1.807, 2.05) is 0 Å². The summed E-state index contributed by atoms with van der Waals surface area (Å²) in [6.45, 7) is 5.25. The number of nitrogens with two attached hydrogens (primary N) is 1. The molecule has 0 aromatic heterocycles. The van der Waals surface area contributed by atoms with Gasteiger partial charge in [0.25, 0.3) is 0 Å². The van der Waals surface area contributed by atoms with Crippen molar-refractivity contribution >= 4 is 0 Å². The lowest BCUT2D eigenvalue weighted by Gasteiger charge is -2.33. The van der Waals surface area contributed by atoms with Crippen LogP contribution in [0.4, 0.5) is 13.2 Å². The molecule has 1 aromatic rings. The second kappa shape index (κ2) is 6.14. The SMILES string of the molecule is CC(C)CN(C1CC1)C(CN)c1cc(F)c(F)c(F)c1. The molecule has 0 spiro atoms. The summed E-state index contributed by atoms with van der Waals surface area (Å²) in [5, 5.41) is 0. The molecule has 1 aliphatic carbocycles. The highest BCUT2D eigenvalue weighted by molar-refractivity contribution is 5.23. The van der Waals surface area contributed by atoms with Gasteiger partial charge in [-0.3, -0.25) is 4.90 Å². The topological polar surface area (TPSA) is 29.3 Å². The Balaban J connectivity index is 2.30. The van der Waals surface area contributed by atoms with Crippen LogP contribution in [0.1, 0.15) is 38.3 Å². The van der Waals surface area contributed by atoms with Crippen molar-refractivity contribution in [1.29, 1.82) is 0 Å². The van der Waals surface area contributed by atoms with Crippen molar-refractivity contribution < 1.29 is 13.2 Å². The van der Waals surface area contributed by atoms with Gasteiger partial charge in [-0.15, -0.1) is 0 Å². The number of halogens is 3. The summed E-state index contributed by atoms with van der Waals surface area (Å²) in [7, 11) is 0. The highest BCUT2D eigenvalue weighted by Gasteiger charge is 2.34. The lowest BCUT2D eigenvalue weighted by atomic mass is 10.0. The van der Waals surface area contributed by atoms with Crippen LogP contribution < -0.4 is 5.73 Å². The van der Waals surface area contributed by atoms with Gasteiger partial charge in [0.1, 0.15) is 0 Å². The lowest BCUT2D eigenvalue weighted by molar-refractivity contribution is 0.169. The quantitative estimate of drug-likeness (QED) is 0.814. The van der Waals surface area contributed by atoms with Crippen LogP contribution in [0.2, 0.25) is 0 Å². The molecule has 0 amide bonds. The van der Waals surface area contributed by atoms with Crippen molar-refractivity contribution in [3.63, 3.8) is 0 Å². The molecule has 0 aliphatic heterocycles. The average Bonchev–Trinajstić information content (AvgIpc) is 3.19. The predicted molar refractivity (Wildman–Crippen MR) is 72.7 cm³/mol. The number of nitrogens with zero attached hydrogens (tertiary/aromatic N) is 1. The first-order chi connectivity index (χ1) is 9.43. The van der Waals surface area contributed by atoms with Crippen molar-refractivity contribution in [1.82, 2.24) is 4.90 Å². The number of rotatable bonds is 6. The maximum atomic E-state index is 13.4. The van der Waals surface area contributed by atoms with E-state index in [1.54, 1.807) is 0 Å². The van der Waals surface area contributed by atoms with Crippen LogP contribution in [-0.2, 0) is 0 Å². The zero-order valence-electron chi connectivity index (χ0n) is 11.9. The van der Waals surface area contributed by atoms with E-state index in [-0.39, 0.29) is 12.6 Å². The Hall–Kier alpha value is -1.07. The zero-order chi connectivity index (χ0) is 14.9. The van der Waals surface area contributed by atoms with E-state index in [0.29, 0.717) is 17.5 Å². The van der Waals surface area contributed by atoms with Gasteiger partial charge >= 0.3 is 0 Å². The van der Waals surface area contributed by atoms with E-state index in [1.165, 1.54) is 0 Å². The van der Waals surface area contributed by atoms with Crippen molar-refractivity contribution in [3.8, 4) is 0 Å². The molecule has 5 heteroatoms. The monoisotopic (exact) mass is 286 g/mol. The van der Waals surface area contributed by atoms with Gasteiger partial charge in [0.05, 0.1) is 0 Å². The minimum Gasteiger partial charge on any atom is -0.329 e. The van der Waals surface area contributed by atoms with Gasteiger partial charge < -0.3 is 5.73 Å². The molecule has 1 aliphatic rings. The Morgan fingerprint density at radius 2 is 1.75 bits per heavy atom. The van der Waals surface area contributed by atoms with Crippen LogP contribution in [0.15, 0.2) is 12.1 Å². The van der Waals surface area contributed by atoms with E-state index in [4.69, 9.17) is 5.73 Å². The van der Waals surface area contributed by atoms with Crippen molar-refractivity contribution in [3.05, 3.63) is 35.1 Å². The van der Waals surface area contributed by atoms with Crippen LogP contribution in [0, 0.1) is 23.4 Å². The molecule has 1 atom stereocenters. The molecule has 1 fully saturated rings. The first-order valence-electron chi connectivity index (χ1n) is 7.04.